The first kappa shape index (κ1) is 16.5. The lowest BCUT2D eigenvalue weighted by molar-refractivity contribution is -0.158. The number of aromatic nitrogens is 1. The maximum absolute atomic E-state index is 13.5. The summed E-state index contributed by atoms with van der Waals surface area (Å²) in [5.74, 6) is -0.269. The maximum atomic E-state index is 13.5. The number of piperidine rings is 1. The third kappa shape index (κ3) is 2.93. The van der Waals surface area contributed by atoms with Gasteiger partial charge in [0, 0.05) is 33.0 Å². The fraction of sp³-hybridized carbons (Fsp3) is 0.526. The molecule has 0 N–H and O–H groups in total. The van der Waals surface area contributed by atoms with Gasteiger partial charge in [-0.25, -0.2) is 4.39 Å². The minimum absolute atomic E-state index is 0.0247. The molecule has 1 spiro atoms. The van der Waals surface area contributed by atoms with Crippen molar-refractivity contribution in [2.24, 2.45) is 0 Å². The normalized spacial score (nSPS) is 26.6. The van der Waals surface area contributed by atoms with Crippen molar-refractivity contribution < 1.29 is 18.7 Å². The molecule has 0 radical (unpaired) electrons. The smallest absolute Gasteiger partial charge is 0.242 e. The van der Waals surface area contributed by atoms with Crippen molar-refractivity contribution in [3.05, 3.63) is 36.3 Å². The third-order valence-corrected chi connectivity index (χ3v) is 5.59. The molecule has 1 aromatic carbocycles. The molecule has 2 aliphatic heterocycles. The average molecular weight is 346 g/mol. The molecule has 5 nitrogen and oxygen atoms in total. The molecule has 3 heterocycles. The molecule has 2 aliphatic rings. The van der Waals surface area contributed by atoms with E-state index in [1.54, 1.807) is 17.7 Å². The Bertz CT molecular complexity index is 782. The number of ether oxygens (including phenoxy) is 2. The summed E-state index contributed by atoms with van der Waals surface area (Å²) in [5, 5.41) is 0.931. The average Bonchev–Trinajstić information content (AvgIpc) is 3.23. The number of carbonyl (C=O) groups is 1. The lowest BCUT2D eigenvalue weighted by Gasteiger charge is -2.44. The standard InChI is InChI=1S/C19H23FN2O3/c1-24-17-12-22(9-7-19(17)6-2-10-25-19)18(23)13-21-8-5-14-3-4-15(20)11-16(14)21/h3-5,8,11,17H,2,6-7,9-10,12-13H2,1H3/t17-,19-/m0/s1. The number of methoxy groups -OCH3 is 1. The number of halogens is 1. The van der Waals surface area contributed by atoms with Crippen LogP contribution in [0.3, 0.4) is 0 Å². The van der Waals surface area contributed by atoms with E-state index in [1.165, 1.54) is 12.1 Å². The Hall–Kier alpha value is -1.92. The van der Waals surface area contributed by atoms with E-state index < -0.39 is 0 Å². The second kappa shape index (κ2) is 6.42. The second-order valence-corrected chi connectivity index (χ2v) is 6.98. The van der Waals surface area contributed by atoms with E-state index in [-0.39, 0.29) is 30.0 Å². The van der Waals surface area contributed by atoms with E-state index in [0.717, 1.165) is 36.8 Å². The number of benzene rings is 1. The molecule has 1 amide bonds. The van der Waals surface area contributed by atoms with E-state index in [2.05, 4.69) is 0 Å². The molecule has 6 heteroatoms. The predicted molar refractivity (Wildman–Crippen MR) is 91.8 cm³/mol. The fourth-order valence-corrected chi connectivity index (χ4v) is 4.17. The van der Waals surface area contributed by atoms with E-state index in [0.29, 0.717) is 13.1 Å². The van der Waals surface area contributed by atoms with Gasteiger partial charge in [-0.2, -0.15) is 0 Å². The van der Waals surface area contributed by atoms with E-state index >= 15 is 0 Å². The number of hydrogen-bond donors (Lipinski definition) is 0. The van der Waals surface area contributed by atoms with Gasteiger partial charge in [0.1, 0.15) is 18.5 Å². The van der Waals surface area contributed by atoms with Crippen LogP contribution in [0.15, 0.2) is 30.5 Å². The van der Waals surface area contributed by atoms with Gasteiger partial charge in [-0.05, 0) is 48.9 Å². The number of fused-ring (bicyclic) bond motifs is 1. The maximum Gasteiger partial charge on any atom is 0.242 e. The first-order chi connectivity index (χ1) is 12.1. The Morgan fingerprint density at radius 1 is 1.40 bits per heavy atom. The molecular formula is C19H23FN2O3. The summed E-state index contributed by atoms with van der Waals surface area (Å²) in [5.41, 5.74) is 0.513. The molecule has 2 fully saturated rings. The van der Waals surface area contributed by atoms with Crippen LogP contribution in [0.2, 0.25) is 0 Å². The molecule has 0 aliphatic carbocycles. The van der Waals surface area contributed by atoms with Crippen molar-refractivity contribution in [3.63, 3.8) is 0 Å². The van der Waals surface area contributed by atoms with Gasteiger partial charge in [0.05, 0.1) is 11.1 Å². The number of amides is 1. The van der Waals surface area contributed by atoms with Crippen LogP contribution < -0.4 is 0 Å². The number of likely N-dealkylation sites (tertiary alicyclic amines) is 1. The van der Waals surface area contributed by atoms with Crippen LogP contribution in [0.1, 0.15) is 19.3 Å². The molecular weight excluding hydrogens is 323 g/mol. The molecule has 1 aromatic heterocycles. The lowest BCUT2D eigenvalue weighted by atomic mass is 9.86. The quantitative estimate of drug-likeness (QED) is 0.858. The van der Waals surface area contributed by atoms with Gasteiger partial charge in [-0.15, -0.1) is 0 Å². The molecule has 2 atom stereocenters. The minimum Gasteiger partial charge on any atom is -0.377 e. The minimum atomic E-state index is -0.294. The summed E-state index contributed by atoms with van der Waals surface area (Å²) in [7, 11) is 1.68. The topological polar surface area (TPSA) is 43.7 Å². The van der Waals surface area contributed by atoms with Crippen molar-refractivity contribution in [2.45, 2.75) is 37.5 Å². The van der Waals surface area contributed by atoms with Crippen LogP contribution in [0.5, 0.6) is 0 Å². The molecule has 4 rings (SSSR count). The Morgan fingerprint density at radius 2 is 2.28 bits per heavy atom. The highest BCUT2D eigenvalue weighted by molar-refractivity contribution is 5.83. The van der Waals surface area contributed by atoms with Crippen LogP contribution in [0.4, 0.5) is 4.39 Å². The van der Waals surface area contributed by atoms with E-state index in [9.17, 15) is 9.18 Å². The van der Waals surface area contributed by atoms with Crippen molar-refractivity contribution in [3.8, 4) is 0 Å². The summed E-state index contributed by atoms with van der Waals surface area (Å²) in [6.45, 7) is 2.20. The molecule has 0 saturated carbocycles. The zero-order valence-electron chi connectivity index (χ0n) is 14.4. The fourth-order valence-electron chi connectivity index (χ4n) is 4.17. The SMILES string of the molecule is CO[C@H]1CN(C(=O)Cn2ccc3ccc(F)cc32)CC[C@@]12CCCO2. The van der Waals surface area contributed by atoms with E-state index in [1.807, 2.05) is 17.2 Å². The van der Waals surface area contributed by atoms with Crippen molar-refractivity contribution in [1.29, 1.82) is 0 Å². The highest BCUT2D eigenvalue weighted by Gasteiger charge is 2.47. The van der Waals surface area contributed by atoms with Gasteiger partial charge in [0.2, 0.25) is 5.91 Å². The number of nitrogens with zero attached hydrogens (tertiary/aromatic N) is 2. The molecule has 2 aromatic rings. The Kier molecular flexibility index (Phi) is 4.25. The Morgan fingerprint density at radius 3 is 3.04 bits per heavy atom. The highest BCUT2D eigenvalue weighted by atomic mass is 19.1. The van der Waals surface area contributed by atoms with Gasteiger partial charge in [0.15, 0.2) is 0 Å². The van der Waals surface area contributed by atoms with Crippen LogP contribution in [-0.2, 0) is 20.8 Å². The van der Waals surface area contributed by atoms with Gasteiger partial charge in [0.25, 0.3) is 0 Å². The second-order valence-electron chi connectivity index (χ2n) is 6.98. The third-order valence-electron chi connectivity index (χ3n) is 5.59. The van der Waals surface area contributed by atoms with Crippen LogP contribution in [0.25, 0.3) is 10.9 Å². The summed E-state index contributed by atoms with van der Waals surface area (Å²) < 4.78 is 27.0. The highest BCUT2D eigenvalue weighted by Crippen LogP contribution is 2.37. The van der Waals surface area contributed by atoms with Crippen LogP contribution >= 0.6 is 0 Å². The lowest BCUT2D eigenvalue weighted by Crippen LogP contribution is -2.57. The zero-order valence-corrected chi connectivity index (χ0v) is 14.4. The molecule has 134 valence electrons. The Balaban J connectivity index is 1.48. The number of rotatable bonds is 3. The van der Waals surface area contributed by atoms with Gasteiger partial charge in [-0.3, -0.25) is 4.79 Å². The predicted octanol–water partition coefficient (Wildman–Crippen LogP) is 2.58. The molecule has 0 unspecified atom stereocenters. The number of hydrogen-bond acceptors (Lipinski definition) is 3. The summed E-state index contributed by atoms with van der Waals surface area (Å²) >= 11 is 0. The Labute approximate surface area is 146 Å². The summed E-state index contributed by atoms with van der Waals surface area (Å²) in [4.78, 5) is 14.6. The van der Waals surface area contributed by atoms with Crippen molar-refractivity contribution in [1.82, 2.24) is 9.47 Å². The first-order valence-corrected chi connectivity index (χ1v) is 8.80. The largest absolute Gasteiger partial charge is 0.377 e. The summed E-state index contributed by atoms with van der Waals surface area (Å²) in [6.07, 6.45) is 4.59. The number of carbonyl (C=O) groups excluding carboxylic acids is 1. The monoisotopic (exact) mass is 346 g/mol. The van der Waals surface area contributed by atoms with E-state index in [4.69, 9.17) is 9.47 Å². The molecule has 2 saturated heterocycles. The summed E-state index contributed by atoms with van der Waals surface area (Å²) in [6, 6.07) is 6.54. The van der Waals surface area contributed by atoms with Crippen LogP contribution in [-0.4, -0.2) is 53.9 Å². The van der Waals surface area contributed by atoms with Gasteiger partial charge < -0.3 is 18.9 Å². The van der Waals surface area contributed by atoms with Gasteiger partial charge >= 0.3 is 0 Å². The first-order valence-electron chi connectivity index (χ1n) is 8.80. The van der Waals surface area contributed by atoms with Crippen molar-refractivity contribution in [2.75, 3.05) is 26.8 Å². The zero-order chi connectivity index (χ0) is 17.4. The van der Waals surface area contributed by atoms with Crippen molar-refractivity contribution >= 4 is 16.8 Å². The van der Waals surface area contributed by atoms with Gasteiger partial charge in [-0.1, -0.05) is 0 Å². The molecule has 0 bridgehead atoms. The van der Waals surface area contributed by atoms with Crippen LogP contribution in [0, 0.1) is 5.82 Å². The molecule has 25 heavy (non-hydrogen) atoms.